The highest BCUT2D eigenvalue weighted by Crippen LogP contribution is 2.33. The molecule has 2 N–H and O–H groups in total. The number of hydrogen-bond acceptors (Lipinski definition) is 2. The van der Waals surface area contributed by atoms with E-state index < -0.39 is 0 Å². The van der Waals surface area contributed by atoms with E-state index in [1.54, 1.807) is 0 Å². The molecule has 0 aromatic rings. The lowest BCUT2D eigenvalue weighted by molar-refractivity contribution is 0.372. The molecule has 0 aromatic carbocycles. The van der Waals surface area contributed by atoms with Gasteiger partial charge in [-0.1, -0.05) is 19.3 Å². The Balaban J connectivity index is 1.33. The average molecular weight is 224 g/mol. The molecule has 0 aromatic heterocycles. The van der Waals surface area contributed by atoms with Crippen LogP contribution in [0.1, 0.15) is 57.8 Å². The van der Waals surface area contributed by atoms with Gasteiger partial charge in [0.05, 0.1) is 0 Å². The molecule has 1 unspecified atom stereocenters. The van der Waals surface area contributed by atoms with Crippen LogP contribution in [0.25, 0.3) is 0 Å². The first kappa shape index (κ1) is 12.4. The molecule has 1 atom stereocenters. The van der Waals surface area contributed by atoms with Crippen molar-refractivity contribution in [3.63, 3.8) is 0 Å². The summed E-state index contributed by atoms with van der Waals surface area (Å²) in [4.78, 5) is 0. The van der Waals surface area contributed by atoms with Crippen LogP contribution < -0.4 is 10.6 Å². The molecule has 2 rings (SSSR count). The summed E-state index contributed by atoms with van der Waals surface area (Å²) in [5.74, 6) is 1.10. The molecule has 2 fully saturated rings. The van der Waals surface area contributed by atoms with Crippen molar-refractivity contribution < 1.29 is 0 Å². The van der Waals surface area contributed by atoms with Gasteiger partial charge in [0.2, 0.25) is 0 Å². The summed E-state index contributed by atoms with van der Waals surface area (Å²) >= 11 is 0. The van der Waals surface area contributed by atoms with Gasteiger partial charge in [0.25, 0.3) is 0 Å². The van der Waals surface area contributed by atoms with Crippen LogP contribution in [0.2, 0.25) is 0 Å². The van der Waals surface area contributed by atoms with Gasteiger partial charge in [-0.3, -0.25) is 0 Å². The third-order valence-electron chi connectivity index (χ3n) is 3.98. The Kier molecular flexibility index (Phi) is 5.64. The summed E-state index contributed by atoms with van der Waals surface area (Å²) in [6, 6.07) is 0.821. The SMILES string of the molecule is C1CCC(CCCNCCCC2CC2)NC1. The van der Waals surface area contributed by atoms with Crippen molar-refractivity contribution in [2.24, 2.45) is 5.92 Å². The second-order valence-corrected chi connectivity index (χ2v) is 5.62. The van der Waals surface area contributed by atoms with Crippen molar-refractivity contribution in [1.29, 1.82) is 0 Å². The van der Waals surface area contributed by atoms with Gasteiger partial charge in [0.1, 0.15) is 0 Å². The van der Waals surface area contributed by atoms with Gasteiger partial charge in [-0.25, -0.2) is 0 Å². The van der Waals surface area contributed by atoms with Crippen molar-refractivity contribution in [2.75, 3.05) is 19.6 Å². The molecule has 1 heterocycles. The Bertz CT molecular complexity index is 172. The molecule has 2 nitrogen and oxygen atoms in total. The summed E-state index contributed by atoms with van der Waals surface area (Å²) in [6.45, 7) is 3.72. The van der Waals surface area contributed by atoms with Crippen molar-refractivity contribution >= 4 is 0 Å². The molecule has 1 saturated carbocycles. The number of rotatable bonds is 8. The second-order valence-electron chi connectivity index (χ2n) is 5.62. The Morgan fingerprint density at radius 1 is 0.938 bits per heavy atom. The smallest absolute Gasteiger partial charge is 0.00675 e. The molecule has 2 heteroatoms. The van der Waals surface area contributed by atoms with Crippen molar-refractivity contribution in [1.82, 2.24) is 10.6 Å². The fraction of sp³-hybridized carbons (Fsp3) is 1.00. The monoisotopic (exact) mass is 224 g/mol. The maximum Gasteiger partial charge on any atom is 0.00675 e. The molecule has 0 amide bonds. The highest BCUT2D eigenvalue weighted by molar-refractivity contribution is 4.73. The van der Waals surface area contributed by atoms with Crippen LogP contribution in [0.4, 0.5) is 0 Å². The quantitative estimate of drug-likeness (QED) is 0.619. The summed E-state index contributed by atoms with van der Waals surface area (Å²) < 4.78 is 0. The van der Waals surface area contributed by atoms with Gasteiger partial charge in [-0.05, 0) is 64.1 Å². The molecule has 0 bridgehead atoms. The summed E-state index contributed by atoms with van der Waals surface area (Å²) in [5, 5.41) is 7.20. The van der Waals surface area contributed by atoms with Crippen LogP contribution in [-0.4, -0.2) is 25.7 Å². The zero-order chi connectivity index (χ0) is 11.1. The Hall–Kier alpha value is -0.0800. The summed E-state index contributed by atoms with van der Waals surface area (Å²) in [6.07, 6.45) is 12.8. The highest BCUT2D eigenvalue weighted by Gasteiger charge is 2.19. The van der Waals surface area contributed by atoms with Crippen LogP contribution in [0.3, 0.4) is 0 Å². The first-order valence-corrected chi connectivity index (χ1v) is 7.39. The Morgan fingerprint density at radius 3 is 2.44 bits per heavy atom. The second kappa shape index (κ2) is 7.29. The Labute approximate surface area is 101 Å². The minimum absolute atomic E-state index is 0.821. The van der Waals surface area contributed by atoms with Crippen molar-refractivity contribution in [3.8, 4) is 0 Å². The number of piperidine rings is 1. The molecule has 16 heavy (non-hydrogen) atoms. The third-order valence-corrected chi connectivity index (χ3v) is 3.98. The summed E-state index contributed by atoms with van der Waals surface area (Å²) in [7, 11) is 0. The third kappa shape index (κ3) is 5.31. The molecule has 1 saturated heterocycles. The van der Waals surface area contributed by atoms with E-state index in [2.05, 4.69) is 10.6 Å². The zero-order valence-electron chi connectivity index (χ0n) is 10.6. The van der Waals surface area contributed by atoms with E-state index in [-0.39, 0.29) is 0 Å². The van der Waals surface area contributed by atoms with E-state index in [1.807, 2.05) is 0 Å². The summed E-state index contributed by atoms with van der Waals surface area (Å²) in [5.41, 5.74) is 0. The fourth-order valence-corrected chi connectivity index (χ4v) is 2.69. The predicted molar refractivity (Wildman–Crippen MR) is 69.7 cm³/mol. The predicted octanol–water partition coefficient (Wildman–Crippen LogP) is 2.69. The minimum atomic E-state index is 0.821. The lowest BCUT2D eigenvalue weighted by Gasteiger charge is -2.23. The van der Waals surface area contributed by atoms with Gasteiger partial charge in [-0.15, -0.1) is 0 Å². The molecule has 94 valence electrons. The Morgan fingerprint density at radius 2 is 1.75 bits per heavy atom. The maximum absolute atomic E-state index is 3.62. The number of hydrogen-bond donors (Lipinski definition) is 2. The molecule has 1 aliphatic heterocycles. The largest absolute Gasteiger partial charge is 0.317 e. The van der Waals surface area contributed by atoms with E-state index in [9.17, 15) is 0 Å². The first-order valence-electron chi connectivity index (χ1n) is 7.39. The first-order chi connectivity index (χ1) is 7.95. The van der Waals surface area contributed by atoms with Gasteiger partial charge >= 0.3 is 0 Å². The lowest BCUT2D eigenvalue weighted by atomic mass is 10.0. The van der Waals surface area contributed by atoms with E-state index in [4.69, 9.17) is 0 Å². The zero-order valence-corrected chi connectivity index (χ0v) is 10.6. The van der Waals surface area contributed by atoms with Crippen LogP contribution >= 0.6 is 0 Å². The van der Waals surface area contributed by atoms with E-state index in [0.29, 0.717) is 0 Å². The van der Waals surface area contributed by atoms with Gasteiger partial charge in [-0.2, -0.15) is 0 Å². The topological polar surface area (TPSA) is 24.1 Å². The molecular weight excluding hydrogens is 196 g/mol. The van der Waals surface area contributed by atoms with E-state index in [0.717, 1.165) is 12.0 Å². The number of nitrogens with one attached hydrogen (secondary N) is 2. The standard InChI is InChI=1S/C14H28N2/c1-2-12-16-14(6-1)7-4-11-15-10-3-5-13-8-9-13/h13-16H,1-12H2. The molecular formula is C14H28N2. The van der Waals surface area contributed by atoms with E-state index >= 15 is 0 Å². The van der Waals surface area contributed by atoms with Crippen LogP contribution in [0, 0.1) is 5.92 Å². The molecule has 2 aliphatic rings. The van der Waals surface area contributed by atoms with Crippen LogP contribution in [0.15, 0.2) is 0 Å². The molecule has 0 radical (unpaired) electrons. The van der Waals surface area contributed by atoms with Crippen molar-refractivity contribution in [2.45, 2.75) is 63.8 Å². The molecule has 0 spiro atoms. The van der Waals surface area contributed by atoms with Crippen molar-refractivity contribution in [3.05, 3.63) is 0 Å². The minimum Gasteiger partial charge on any atom is -0.317 e. The highest BCUT2D eigenvalue weighted by atomic mass is 14.9. The van der Waals surface area contributed by atoms with Crippen LogP contribution in [0.5, 0.6) is 0 Å². The van der Waals surface area contributed by atoms with Gasteiger partial charge in [0, 0.05) is 6.04 Å². The average Bonchev–Trinajstić information content (AvgIpc) is 3.13. The maximum atomic E-state index is 3.62. The fourth-order valence-electron chi connectivity index (χ4n) is 2.69. The van der Waals surface area contributed by atoms with Gasteiger partial charge < -0.3 is 10.6 Å². The van der Waals surface area contributed by atoms with Crippen LogP contribution in [-0.2, 0) is 0 Å². The van der Waals surface area contributed by atoms with E-state index in [1.165, 1.54) is 77.4 Å². The van der Waals surface area contributed by atoms with Gasteiger partial charge in [0.15, 0.2) is 0 Å². The normalized spacial score (nSPS) is 25.9. The lowest BCUT2D eigenvalue weighted by Crippen LogP contribution is -2.34. The molecule has 1 aliphatic carbocycles.